The Hall–Kier alpha value is -1.52. The summed E-state index contributed by atoms with van der Waals surface area (Å²) >= 11 is 0. The highest BCUT2D eigenvalue weighted by molar-refractivity contribution is 5.91. The maximum absolute atomic E-state index is 11.8. The Bertz CT molecular complexity index is 363. The SMILES string of the molecule is CCCCCC[C@@H](C)NC(=O)c1cc(OC)no1. The molecule has 102 valence electrons. The average Bonchev–Trinajstić information content (AvgIpc) is 2.83. The van der Waals surface area contributed by atoms with Crippen molar-refractivity contribution in [1.29, 1.82) is 0 Å². The average molecular weight is 254 g/mol. The molecule has 1 N–H and O–H groups in total. The number of nitrogens with zero attached hydrogens (tertiary/aromatic N) is 1. The minimum atomic E-state index is -0.242. The number of unbranched alkanes of at least 4 members (excludes halogenated alkanes) is 3. The fourth-order valence-electron chi connectivity index (χ4n) is 1.71. The number of ether oxygens (including phenoxy) is 1. The first-order chi connectivity index (χ1) is 8.67. The second-order valence-corrected chi connectivity index (χ2v) is 4.46. The molecular weight excluding hydrogens is 232 g/mol. The molecule has 5 heteroatoms. The number of amides is 1. The fourth-order valence-corrected chi connectivity index (χ4v) is 1.71. The van der Waals surface area contributed by atoms with E-state index in [1.54, 1.807) is 0 Å². The summed E-state index contributed by atoms with van der Waals surface area (Å²) in [7, 11) is 1.48. The third kappa shape index (κ3) is 4.77. The molecular formula is C13H22N2O3. The molecule has 0 bridgehead atoms. The van der Waals surface area contributed by atoms with Gasteiger partial charge in [0, 0.05) is 6.04 Å². The van der Waals surface area contributed by atoms with E-state index in [1.165, 1.54) is 32.4 Å². The summed E-state index contributed by atoms with van der Waals surface area (Å²) in [5.74, 6) is 0.261. The lowest BCUT2D eigenvalue weighted by molar-refractivity contribution is 0.0900. The molecule has 1 aromatic rings. The number of rotatable bonds is 8. The quantitative estimate of drug-likeness (QED) is 0.724. The first-order valence-electron chi connectivity index (χ1n) is 6.49. The van der Waals surface area contributed by atoms with E-state index in [-0.39, 0.29) is 17.7 Å². The van der Waals surface area contributed by atoms with Crippen molar-refractivity contribution in [1.82, 2.24) is 10.5 Å². The van der Waals surface area contributed by atoms with Crippen molar-refractivity contribution in [3.8, 4) is 5.88 Å². The lowest BCUT2D eigenvalue weighted by Crippen LogP contribution is -2.32. The summed E-state index contributed by atoms with van der Waals surface area (Å²) < 4.78 is 9.73. The van der Waals surface area contributed by atoms with Gasteiger partial charge in [0.2, 0.25) is 5.76 Å². The third-order valence-electron chi connectivity index (χ3n) is 2.79. The van der Waals surface area contributed by atoms with Gasteiger partial charge in [-0.05, 0) is 18.5 Å². The molecule has 1 rings (SSSR count). The second-order valence-electron chi connectivity index (χ2n) is 4.46. The Morgan fingerprint density at radius 3 is 2.89 bits per heavy atom. The van der Waals surface area contributed by atoms with Crippen molar-refractivity contribution in [2.75, 3.05) is 7.11 Å². The molecule has 0 aliphatic carbocycles. The largest absolute Gasteiger partial charge is 0.479 e. The Morgan fingerprint density at radius 2 is 2.28 bits per heavy atom. The van der Waals surface area contributed by atoms with E-state index in [0.717, 1.165) is 12.8 Å². The van der Waals surface area contributed by atoms with Crippen LogP contribution in [0.15, 0.2) is 10.6 Å². The van der Waals surface area contributed by atoms with Gasteiger partial charge in [0.1, 0.15) is 0 Å². The van der Waals surface area contributed by atoms with Crippen LogP contribution in [0.1, 0.15) is 56.5 Å². The van der Waals surface area contributed by atoms with Crippen LogP contribution in [0, 0.1) is 0 Å². The Kier molecular flexibility index (Phi) is 6.25. The molecule has 0 aliphatic rings. The summed E-state index contributed by atoms with van der Waals surface area (Å²) in [6.45, 7) is 4.18. The zero-order chi connectivity index (χ0) is 13.4. The molecule has 1 atom stereocenters. The van der Waals surface area contributed by atoms with Crippen molar-refractivity contribution in [2.24, 2.45) is 0 Å². The zero-order valence-corrected chi connectivity index (χ0v) is 11.4. The molecule has 1 aromatic heterocycles. The summed E-state index contributed by atoms with van der Waals surface area (Å²) in [5.41, 5.74) is 0. The molecule has 1 amide bonds. The van der Waals surface area contributed by atoms with Crippen LogP contribution in [0.2, 0.25) is 0 Å². The predicted molar refractivity (Wildman–Crippen MR) is 68.7 cm³/mol. The Balaban J connectivity index is 2.30. The zero-order valence-electron chi connectivity index (χ0n) is 11.4. The van der Waals surface area contributed by atoms with E-state index in [2.05, 4.69) is 17.4 Å². The number of carbonyl (C=O) groups excluding carboxylic acids is 1. The van der Waals surface area contributed by atoms with Gasteiger partial charge in [0.05, 0.1) is 13.2 Å². The van der Waals surface area contributed by atoms with Gasteiger partial charge in [0.15, 0.2) is 0 Å². The van der Waals surface area contributed by atoms with Crippen molar-refractivity contribution in [2.45, 2.75) is 52.0 Å². The number of carbonyl (C=O) groups is 1. The Labute approximate surface area is 108 Å². The minimum absolute atomic E-state index is 0.144. The van der Waals surface area contributed by atoms with Crippen LogP contribution in [-0.4, -0.2) is 24.2 Å². The van der Waals surface area contributed by atoms with Crippen LogP contribution >= 0.6 is 0 Å². The van der Waals surface area contributed by atoms with Crippen molar-refractivity contribution < 1.29 is 14.1 Å². The highest BCUT2D eigenvalue weighted by Crippen LogP contribution is 2.11. The molecule has 18 heavy (non-hydrogen) atoms. The molecule has 0 aromatic carbocycles. The van der Waals surface area contributed by atoms with Crippen LogP contribution in [-0.2, 0) is 0 Å². The molecule has 0 radical (unpaired) electrons. The number of hydrogen-bond donors (Lipinski definition) is 1. The monoisotopic (exact) mass is 254 g/mol. The first-order valence-corrected chi connectivity index (χ1v) is 6.49. The van der Waals surface area contributed by atoms with E-state index in [4.69, 9.17) is 9.26 Å². The Morgan fingerprint density at radius 1 is 1.50 bits per heavy atom. The van der Waals surface area contributed by atoms with Crippen LogP contribution in [0.25, 0.3) is 0 Å². The lowest BCUT2D eigenvalue weighted by Gasteiger charge is -2.12. The van der Waals surface area contributed by atoms with Crippen molar-refractivity contribution in [3.63, 3.8) is 0 Å². The topological polar surface area (TPSA) is 64.4 Å². The lowest BCUT2D eigenvalue weighted by atomic mass is 10.1. The van der Waals surface area contributed by atoms with Gasteiger partial charge in [-0.15, -0.1) is 0 Å². The number of aromatic nitrogens is 1. The van der Waals surface area contributed by atoms with Crippen molar-refractivity contribution in [3.05, 3.63) is 11.8 Å². The number of methoxy groups -OCH3 is 1. The predicted octanol–water partition coefficient (Wildman–Crippen LogP) is 2.77. The van der Waals surface area contributed by atoms with Crippen molar-refractivity contribution >= 4 is 5.91 Å². The van der Waals surface area contributed by atoms with Crippen LogP contribution in [0.5, 0.6) is 5.88 Å². The van der Waals surface area contributed by atoms with E-state index in [1.807, 2.05) is 6.92 Å². The maximum atomic E-state index is 11.8. The summed E-state index contributed by atoms with van der Waals surface area (Å²) in [5, 5.41) is 6.47. The highest BCUT2D eigenvalue weighted by Gasteiger charge is 2.15. The maximum Gasteiger partial charge on any atom is 0.290 e. The second kappa shape index (κ2) is 7.74. The van der Waals surface area contributed by atoms with Crippen LogP contribution < -0.4 is 10.1 Å². The molecule has 0 unspecified atom stereocenters. The standard InChI is InChI=1S/C13H22N2O3/c1-4-5-6-7-8-10(2)14-13(16)11-9-12(17-3)15-18-11/h9-10H,4-8H2,1-3H3,(H,14,16)/t10-/m1/s1. The van der Waals surface area contributed by atoms with Crippen LogP contribution in [0.4, 0.5) is 0 Å². The van der Waals surface area contributed by atoms with Crippen LogP contribution in [0.3, 0.4) is 0 Å². The third-order valence-corrected chi connectivity index (χ3v) is 2.79. The molecule has 0 saturated heterocycles. The molecule has 5 nitrogen and oxygen atoms in total. The smallest absolute Gasteiger partial charge is 0.290 e. The van der Waals surface area contributed by atoms with Gasteiger partial charge in [-0.25, -0.2) is 0 Å². The van der Waals surface area contributed by atoms with E-state index >= 15 is 0 Å². The van der Waals surface area contributed by atoms with E-state index in [0.29, 0.717) is 5.88 Å². The highest BCUT2D eigenvalue weighted by atomic mass is 16.5. The molecule has 0 fully saturated rings. The molecule has 0 aliphatic heterocycles. The number of hydrogen-bond acceptors (Lipinski definition) is 4. The molecule has 0 spiro atoms. The van der Waals surface area contributed by atoms with E-state index < -0.39 is 0 Å². The van der Waals surface area contributed by atoms with Gasteiger partial charge in [-0.1, -0.05) is 32.6 Å². The number of nitrogens with one attached hydrogen (secondary N) is 1. The van der Waals surface area contributed by atoms with Gasteiger partial charge in [0.25, 0.3) is 11.8 Å². The minimum Gasteiger partial charge on any atom is -0.479 e. The summed E-state index contributed by atoms with van der Waals surface area (Å²) in [4.78, 5) is 11.8. The van der Waals surface area contributed by atoms with Gasteiger partial charge < -0.3 is 14.6 Å². The van der Waals surface area contributed by atoms with Gasteiger partial charge in [-0.2, -0.15) is 0 Å². The first kappa shape index (κ1) is 14.5. The summed E-state index contributed by atoms with van der Waals surface area (Å²) in [6, 6.07) is 1.63. The normalized spacial score (nSPS) is 12.2. The summed E-state index contributed by atoms with van der Waals surface area (Å²) in [6.07, 6.45) is 5.80. The van der Waals surface area contributed by atoms with E-state index in [9.17, 15) is 4.79 Å². The molecule has 0 saturated carbocycles. The fraction of sp³-hybridized carbons (Fsp3) is 0.692. The molecule has 1 heterocycles. The van der Waals surface area contributed by atoms with Gasteiger partial charge in [-0.3, -0.25) is 4.79 Å². The van der Waals surface area contributed by atoms with Gasteiger partial charge >= 0.3 is 0 Å².